The smallest absolute Gasteiger partial charge is 0.311 e. The summed E-state index contributed by atoms with van der Waals surface area (Å²) in [6.45, 7) is 5.61. The summed E-state index contributed by atoms with van der Waals surface area (Å²) >= 11 is 0. The van der Waals surface area contributed by atoms with Crippen LogP contribution in [0.15, 0.2) is 0 Å². The van der Waals surface area contributed by atoms with Gasteiger partial charge in [0.25, 0.3) is 0 Å². The molecule has 0 unspecified atom stereocenters. The van der Waals surface area contributed by atoms with Crippen molar-refractivity contribution in [1.82, 2.24) is 0 Å². The lowest BCUT2D eigenvalue weighted by molar-refractivity contribution is -0.163. The van der Waals surface area contributed by atoms with E-state index in [1.54, 1.807) is 0 Å². The van der Waals surface area contributed by atoms with Gasteiger partial charge in [-0.05, 0) is 33.6 Å². The van der Waals surface area contributed by atoms with Crippen molar-refractivity contribution < 1.29 is 9.53 Å². The van der Waals surface area contributed by atoms with Crippen LogP contribution in [0.25, 0.3) is 0 Å². The fourth-order valence-corrected chi connectivity index (χ4v) is 1.20. The minimum atomic E-state index is -0.383. The largest absolute Gasteiger partial charge is 0.460 e. The van der Waals surface area contributed by atoms with E-state index in [0.717, 1.165) is 12.8 Å². The van der Waals surface area contributed by atoms with Gasteiger partial charge in [-0.2, -0.15) is 0 Å². The van der Waals surface area contributed by atoms with Crippen molar-refractivity contribution in [3.05, 3.63) is 0 Å². The summed E-state index contributed by atoms with van der Waals surface area (Å²) in [5.74, 6) is -0.189. The fraction of sp³-hybridized carbons (Fsp3) is 0.889. The van der Waals surface area contributed by atoms with Crippen LogP contribution in [0.4, 0.5) is 0 Å². The molecule has 1 fully saturated rings. The molecule has 0 amide bonds. The molecule has 0 spiro atoms. The molecule has 0 radical (unpaired) electrons. The standard InChI is InChI=1S/C9H17NO2/c1-9(2,3)12-8(11)6-4-5-7(6)10/h6-7H,4-5,10H2,1-3H3/t6-,7+/m1/s1. The average Bonchev–Trinajstić information content (AvgIpc) is 1.79. The van der Waals surface area contributed by atoms with E-state index >= 15 is 0 Å². The molecule has 1 aliphatic carbocycles. The van der Waals surface area contributed by atoms with Gasteiger partial charge in [0.05, 0.1) is 5.92 Å². The summed E-state index contributed by atoms with van der Waals surface area (Å²) in [4.78, 5) is 11.3. The first-order valence-electron chi connectivity index (χ1n) is 4.38. The molecule has 70 valence electrons. The minimum Gasteiger partial charge on any atom is -0.460 e. The van der Waals surface area contributed by atoms with Gasteiger partial charge in [-0.1, -0.05) is 0 Å². The van der Waals surface area contributed by atoms with E-state index < -0.39 is 0 Å². The Labute approximate surface area is 73.3 Å². The van der Waals surface area contributed by atoms with Gasteiger partial charge in [0.2, 0.25) is 0 Å². The predicted molar refractivity (Wildman–Crippen MR) is 46.5 cm³/mol. The van der Waals surface area contributed by atoms with Gasteiger partial charge >= 0.3 is 5.97 Å². The SMILES string of the molecule is CC(C)(C)OC(=O)[C@@H]1CC[C@@H]1N. The number of hydrogen-bond acceptors (Lipinski definition) is 3. The highest BCUT2D eigenvalue weighted by molar-refractivity contribution is 5.74. The van der Waals surface area contributed by atoms with Crippen molar-refractivity contribution in [1.29, 1.82) is 0 Å². The first-order chi connectivity index (χ1) is 5.40. The molecule has 2 atom stereocenters. The van der Waals surface area contributed by atoms with Crippen LogP contribution in [0.2, 0.25) is 0 Å². The third kappa shape index (κ3) is 2.21. The predicted octanol–water partition coefficient (Wildman–Crippen LogP) is 1.07. The lowest BCUT2D eigenvalue weighted by Crippen LogP contribution is -2.46. The highest BCUT2D eigenvalue weighted by Gasteiger charge is 2.36. The monoisotopic (exact) mass is 171 g/mol. The van der Waals surface area contributed by atoms with Crippen molar-refractivity contribution in [2.24, 2.45) is 11.7 Å². The first kappa shape index (κ1) is 9.52. The van der Waals surface area contributed by atoms with Crippen molar-refractivity contribution in [2.45, 2.75) is 45.3 Å². The number of ether oxygens (including phenoxy) is 1. The Morgan fingerprint density at radius 2 is 2.00 bits per heavy atom. The summed E-state index contributed by atoms with van der Waals surface area (Å²) < 4.78 is 5.19. The second-order valence-corrected chi connectivity index (χ2v) is 4.38. The summed E-state index contributed by atoms with van der Waals surface area (Å²) in [6, 6.07) is 0.0276. The molecule has 1 saturated carbocycles. The van der Waals surface area contributed by atoms with Crippen LogP contribution in [0.3, 0.4) is 0 Å². The third-order valence-electron chi connectivity index (χ3n) is 2.04. The fourth-order valence-electron chi connectivity index (χ4n) is 1.20. The molecule has 0 aromatic heterocycles. The molecule has 1 aliphatic rings. The van der Waals surface area contributed by atoms with Crippen LogP contribution in [-0.2, 0) is 9.53 Å². The molecular weight excluding hydrogens is 154 g/mol. The van der Waals surface area contributed by atoms with Gasteiger partial charge in [0.1, 0.15) is 5.60 Å². The molecule has 0 heterocycles. The number of esters is 1. The Balaban J connectivity index is 2.39. The summed E-state index contributed by atoms with van der Waals surface area (Å²) in [6.07, 6.45) is 1.83. The van der Waals surface area contributed by atoms with E-state index in [4.69, 9.17) is 10.5 Å². The summed E-state index contributed by atoms with van der Waals surface area (Å²) in [5.41, 5.74) is 5.26. The van der Waals surface area contributed by atoms with Crippen LogP contribution in [0.1, 0.15) is 33.6 Å². The van der Waals surface area contributed by atoms with E-state index in [2.05, 4.69) is 0 Å². The van der Waals surface area contributed by atoms with Gasteiger partial charge in [-0.15, -0.1) is 0 Å². The molecule has 2 N–H and O–H groups in total. The molecule has 1 rings (SSSR count). The average molecular weight is 171 g/mol. The topological polar surface area (TPSA) is 52.3 Å². The lowest BCUT2D eigenvalue weighted by Gasteiger charge is -2.33. The zero-order valence-electron chi connectivity index (χ0n) is 7.96. The maximum atomic E-state index is 11.3. The van der Waals surface area contributed by atoms with Gasteiger partial charge in [0.15, 0.2) is 0 Å². The van der Waals surface area contributed by atoms with E-state index in [-0.39, 0.29) is 23.5 Å². The van der Waals surface area contributed by atoms with Gasteiger partial charge in [0, 0.05) is 6.04 Å². The number of carbonyl (C=O) groups excluding carboxylic acids is 1. The molecule has 0 aromatic carbocycles. The Bertz CT molecular complexity index is 183. The zero-order chi connectivity index (χ0) is 9.35. The van der Waals surface area contributed by atoms with Crippen molar-refractivity contribution in [2.75, 3.05) is 0 Å². The van der Waals surface area contributed by atoms with Crippen LogP contribution < -0.4 is 5.73 Å². The Hall–Kier alpha value is -0.570. The van der Waals surface area contributed by atoms with E-state index in [0.29, 0.717) is 0 Å². The van der Waals surface area contributed by atoms with Crippen molar-refractivity contribution in [3.63, 3.8) is 0 Å². The quantitative estimate of drug-likeness (QED) is 0.600. The minimum absolute atomic E-state index is 0.0276. The molecule has 0 aromatic rings. The van der Waals surface area contributed by atoms with E-state index in [1.807, 2.05) is 20.8 Å². The zero-order valence-corrected chi connectivity index (χ0v) is 7.96. The third-order valence-corrected chi connectivity index (χ3v) is 2.04. The van der Waals surface area contributed by atoms with Crippen LogP contribution in [-0.4, -0.2) is 17.6 Å². The molecule has 0 aliphatic heterocycles. The summed E-state index contributed by atoms with van der Waals surface area (Å²) in [7, 11) is 0. The normalized spacial score (nSPS) is 29.3. The Morgan fingerprint density at radius 1 is 1.42 bits per heavy atom. The summed E-state index contributed by atoms with van der Waals surface area (Å²) in [5, 5.41) is 0. The molecule has 0 saturated heterocycles. The van der Waals surface area contributed by atoms with Gasteiger partial charge in [-0.3, -0.25) is 4.79 Å². The molecule has 0 bridgehead atoms. The first-order valence-corrected chi connectivity index (χ1v) is 4.38. The lowest BCUT2D eigenvalue weighted by atomic mass is 9.80. The van der Waals surface area contributed by atoms with E-state index in [9.17, 15) is 4.79 Å². The molecule has 12 heavy (non-hydrogen) atoms. The second-order valence-electron chi connectivity index (χ2n) is 4.38. The van der Waals surface area contributed by atoms with Crippen molar-refractivity contribution >= 4 is 5.97 Å². The maximum Gasteiger partial charge on any atom is 0.311 e. The molecular formula is C9H17NO2. The maximum absolute atomic E-state index is 11.3. The second kappa shape index (κ2) is 3.05. The van der Waals surface area contributed by atoms with Crippen molar-refractivity contribution in [3.8, 4) is 0 Å². The number of rotatable bonds is 1. The number of carbonyl (C=O) groups is 1. The van der Waals surface area contributed by atoms with Crippen LogP contribution in [0.5, 0.6) is 0 Å². The van der Waals surface area contributed by atoms with Gasteiger partial charge < -0.3 is 10.5 Å². The Kier molecular flexibility index (Phi) is 2.42. The van der Waals surface area contributed by atoms with Crippen LogP contribution in [0, 0.1) is 5.92 Å². The molecule has 3 heteroatoms. The van der Waals surface area contributed by atoms with E-state index in [1.165, 1.54) is 0 Å². The number of hydrogen-bond donors (Lipinski definition) is 1. The number of nitrogens with two attached hydrogens (primary N) is 1. The highest BCUT2D eigenvalue weighted by Crippen LogP contribution is 2.28. The van der Waals surface area contributed by atoms with Gasteiger partial charge in [-0.25, -0.2) is 0 Å². The van der Waals surface area contributed by atoms with Crippen LogP contribution >= 0.6 is 0 Å². The molecule has 3 nitrogen and oxygen atoms in total. The highest BCUT2D eigenvalue weighted by atomic mass is 16.6. The Morgan fingerprint density at radius 3 is 2.25 bits per heavy atom.